The van der Waals surface area contributed by atoms with Crippen molar-refractivity contribution in [3.63, 3.8) is 0 Å². The zero-order chi connectivity index (χ0) is 16.5. The summed E-state index contributed by atoms with van der Waals surface area (Å²) < 4.78 is 0. The van der Waals surface area contributed by atoms with Crippen LogP contribution >= 0.6 is 0 Å². The molecule has 3 aromatic rings. The van der Waals surface area contributed by atoms with Gasteiger partial charge in [0.2, 0.25) is 5.95 Å². The number of pyridine rings is 1. The van der Waals surface area contributed by atoms with E-state index >= 15 is 0 Å². The number of likely N-dealkylation sites (N-methyl/N-ethyl adjacent to an activating group) is 1. The van der Waals surface area contributed by atoms with Crippen molar-refractivity contribution in [2.24, 2.45) is 0 Å². The highest BCUT2D eigenvalue weighted by molar-refractivity contribution is 5.88. The third-order valence-corrected chi connectivity index (χ3v) is 4.53. The predicted molar refractivity (Wildman–Crippen MR) is 93.1 cm³/mol. The van der Waals surface area contributed by atoms with Gasteiger partial charge in [-0.25, -0.2) is 19.9 Å². The lowest BCUT2D eigenvalue weighted by molar-refractivity contribution is 0.673. The van der Waals surface area contributed by atoms with Crippen LogP contribution in [0.2, 0.25) is 0 Å². The van der Waals surface area contributed by atoms with Gasteiger partial charge in [0.05, 0.1) is 17.8 Å². The minimum atomic E-state index is 0.360. The Morgan fingerprint density at radius 2 is 2.08 bits per heavy atom. The Hall–Kier alpha value is -2.83. The molecule has 1 atom stereocenters. The van der Waals surface area contributed by atoms with Gasteiger partial charge in [0.15, 0.2) is 0 Å². The molecule has 4 heterocycles. The van der Waals surface area contributed by atoms with Crippen LogP contribution in [0.25, 0.3) is 10.9 Å². The first-order chi connectivity index (χ1) is 11.7. The number of hydrogen-bond donors (Lipinski definition) is 0. The maximum Gasteiger partial charge on any atom is 0.225 e. The van der Waals surface area contributed by atoms with Gasteiger partial charge in [-0.05, 0) is 25.5 Å². The van der Waals surface area contributed by atoms with Gasteiger partial charge in [-0.15, -0.1) is 0 Å². The second kappa shape index (κ2) is 5.99. The number of aromatic nitrogens is 5. The summed E-state index contributed by atoms with van der Waals surface area (Å²) in [6, 6.07) is 4.25. The van der Waals surface area contributed by atoms with Crippen molar-refractivity contribution < 1.29 is 0 Å². The van der Waals surface area contributed by atoms with Gasteiger partial charge in [0.1, 0.15) is 12.1 Å². The van der Waals surface area contributed by atoms with Crippen LogP contribution < -0.4 is 9.80 Å². The van der Waals surface area contributed by atoms with Crippen LogP contribution in [0.5, 0.6) is 0 Å². The summed E-state index contributed by atoms with van der Waals surface area (Å²) in [6.45, 7) is 3.83. The van der Waals surface area contributed by atoms with Crippen LogP contribution in [0, 0.1) is 6.92 Å². The quantitative estimate of drug-likeness (QED) is 0.729. The minimum Gasteiger partial charge on any atom is -0.354 e. The van der Waals surface area contributed by atoms with Gasteiger partial charge in [0.25, 0.3) is 0 Å². The Bertz CT molecular complexity index is 861. The summed E-state index contributed by atoms with van der Waals surface area (Å²) in [5, 5.41) is 1.04. The van der Waals surface area contributed by atoms with Crippen LogP contribution in [-0.2, 0) is 0 Å². The van der Waals surface area contributed by atoms with Gasteiger partial charge in [0, 0.05) is 43.6 Å². The van der Waals surface area contributed by atoms with Crippen molar-refractivity contribution >= 4 is 22.7 Å². The van der Waals surface area contributed by atoms with Crippen LogP contribution in [0.1, 0.15) is 12.1 Å². The summed E-state index contributed by atoms with van der Waals surface area (Å²) in [6.07, 6.45) is 8.03. The van der Waals surface area contributed by atoms with Gasteiger partial charge in [-0.1, -0.05) is 0 Å². The summed E-state index contributed by atoms with van der Waals surface area (Å²) >= 11 is 0. The average molecular weight is 321 g/mol. The largest absolute Gasteiger partial charge is 0.354 e. The zero-order valence-corrected chi connectivity index (χ0v) is 13.8. The van der Waals surface area contributed by atoms with E-state index in [4.69, 9.17) is 0 Å². The molecule has 7 heteroatoms. The lowest BCUT2D eigenvalue weighted by Gasteiger charge is -2.25. The van der Waals surface area contributed by atoms with E-state index in [1.807, 2.05) is 25.3 Å². The topological polar surface area (TPSA) is 70.9 Å². The van der Waals surface area contributed by atoms with Gasteiger partial charge in [-0.3, -0.25) is 4.98 Å². The fourth-order valence-corrected chi connectivity index (χ4v) is 3.16. The minimum absolute atomic E-state index is 0.360. The molecule has 1 fully saturated rings. The summed E-state index contributed by atoms with van der Waals surface area (Å²) in [5.74, 6) is 1.75. The molecule has 1 aliphatic heterocycles. The van der Waals surface area contributed by atoms with Crippen molar-refractivity contribution in [1.29, 1.82) is 0 Å². The summed E-state index contributed by atoms with van der Waals surface area (Å²) in [5.41, 5.74) is 1.86. The van der Waals surface area contributed by atoms with E-state index in [0.717, 1.165) is 47.9 Å². The molecule has 0 radical (unpaired) electrons. The Kier molecular flexibility index (Phi) is 3.68. The second-order valence-electron chi connectivity index (χ2n) is 6.09. The Labute approximate surface area is 140 Å². The van der Waals surface area contributed by atoms with Crippen molar-refractivity contribution in [3.05, 3.63) is 42.7 Å². The van der Waals surface area contributed by atoms with E-state index in [-0.39, 0.29) is 0 Å². The second-order valence-corrected chi connectivity index (χ2v) is 6.09. The summed E-state index contributed by atoms with van der Waals surface area (Å²) in [4.78, 5) is 26.3. The smallest absolute Gasteiger partial charge is 0.225 e. The van der Waals surface area contributed by atoms with Crippen LogP contribution in [-0.4, -0.2) is 51.1 Å². The average Bonchev–Trinajstić information content (AvgIpc) is 3.10. The van der Waals surface area contributed by atoms with Crippen molar-refractivity contribution in [3.8, 4) is 0 Å². The van der Waals surface area contributed by atoms with Crippen molar-refractivity contribution in [2.75, 3.05) is 29.9 Å². The van der Waals surface area contributed by atoms with E-state index in [1.165, 1.54) is 0 Å². The first-order valence-corrected chi connectivity index (χ1v) is 8.04. The molecule has 0 bridgehead atoms. The summed E-state index contributed by atoms with van der Waals surface area (Å²) in [7, 11) is 2.06. The maximum atomic E-state index is 4.53. The van der Waals surface area contributed by atoms with Crippen LogP contribution in [0.15, 0.2) is 37.1 Å². The normalized spacial score (nSPS) is 17.4. The fourth-order valence-electron chi connectivity index (χ4n) is 3.16. The predicted octanol–water partition coefficient (Wildman–Crippen LogP) is 1.84. The highest BCUT2D eigenvalue weighted by Gasteiger charge is 2.28. The first kappa shape index (κ1) is 14.7. The van der Waals surface area contributed by atoms with Crippen LogP contribution in [0.3, 0.4) is 0 Å². The molecule has 0 spiro atoms. The lowest BCUT2D eigenvalue weighted by atomic mass is 10.2. The molecule has 0 N–H and O–H groups in total. The molecule has 1 saturated heterocycles. The molecule has 1 aliphatic rings. The number of anilines is 2. The SMILES string of the molecule is Cc1ccnc(N(C)C2CCN(c3ncnc4cnccc34)C2)n1. The van der Waals surface area contributed by atoms with Gasteiger partial charge < -0.3 is 9.80 Å². The van der Waals surface area contributed by atoms with Gasteiger partial charge >= 0.3 is 0 Å². The molecular weight excluding hydrogens is 302 g/mol. The number of rotatable bonds is 3. The van der Waals surface area contributed by atoms with E-state index in [1.54, 1.807) is 18.7 Å². The molecule has 7 nitrogen and oxygen atoms in total. The molecule has 3 aromatic heterocycles. The number of aryl methyl sites for hydroxylation is 1. The van der Waals surface area contributed by atoms with Crippen LogP contribution in [0.4, 0.5) is 11.8 Å². The van der Waals surface area contributed by atoms with E-state index in [0.29, 0.717) is 6.04 Å². The van der Waals surface area contributed by atoms with E-state index in [9.17, 15) is 0 Å². The third kappa shape index (κ3) is 2.62. The van der Waals surface area contributed by atoms with Crippen molar-refractivity contribution in [1.82, 2.24) is 24.9 Å². The Morgan fingerprint density at radius 1 is 1.17 bits per heavy atom. The number of hydrogen-bond acceptors (Lipinski definition) is 7. The molecule has 0 amide bonds. The van der Waals surface area contributed by atoms with E-state index < -0.39 is 0 Å². The molecule has 0 saturated carbocycles. The monoisotopic (exact) mass is 321 g/mol. The maximum absolute atomic E-state index is 4.53. The molecule has 4 rings (SSSR count). The third-order valence-electron chi connectivity index (χ3n) is 4.53. The van der Waals surface area contributed by atoms with Gasteiger partial charge in [-0.2, -0.15) is 0 Å². The highest BCUT2D eigenvalue weighted by Crippen LogP contribution is 2.27. The molecule has 0 aromatic carbocycles. The van der Waals surface area contributed by atoms with Crippen molar-refractivity contribution in [2.45, 2.75) is 19.4 Å². The molecule has 1 unspecified atom stereocenters. The van der Waals surface area contributed by atoms with E-state index in [2.05, 4.69) is 41.8 Å². The molecular formula is C17H19N7. The molecule has 24 heavy (non-hydrogen) atoms. The Balaban J connectivity index is 1.58. The zero-order valence-electron chi connectivity index (χ0n) is 13.8. The number of nitrogens with zero attached hydrogens (tertiary/aromatic N) is 7. The highest BCUT2D eigenvalue weighted by atomic mass is 15.3. The lowest BCUT2D eigenvalue weighted by Crippen LogP contribution is -2.36. The first-order valence-electron chi connectivity index (χ1n) is 8.04. The Morgan fingerprint density at radius 3 is 2.96 bits per heavy atom. The molecule has 122 valence electrons. The fraction of sp³-hybridized carbons (Fsp3) is 0.353. The molecule has 0 aliphatic carbocycles. The standard InChI is InChI=1S/C17H19N7/c1-12-3-7-19-17(22-12)23(2)13-5-8-24(10-13)16-14-4-6-18-9-15(14)20-11-21-16/h3-4,6-7,9,11,13H,5,8,10H2,1-2H3. The number of fused-ring (bicyclic) bond motifs is 1.